The summed E-state index contributed by atoms with van der Waals surface area (Å²) in [6.07, 6.45) is 1.50. The Morgan fingerprint density at radius 1 is 1.25 bits per heavy atom. The Morgan fingerprint density at radius 3 is 2.75 bits per heavy atom. The lowest BCUT2D eigenvalue weighted by Gasteiger charge is -2.08. The zero-order valence-corrected chi connectivity index (χ0v) is 11.0. The molecule has 0 bridgehead atoms. The SMILES string of the molecule is Cc1ccc(N)c(NC(=O)C(=O)NCc2ccco2)c1. The maximum Gasteiger partial charge on any atom is 0.313 e. The summed E-state index contributed by atoms with van der Waals surface area (Å²) in [4.78, 5) is 23.4. The molecule has 0 unspecified atom stereocenters. The third kappa shape index (κ3) is 3.38. The Bertz CT molecular complexity index is 621. The van der Waals surface area contributed by atoms with Gasteiger partial charge >= 0.3 is 11.8 Å². The molecule has 0 fully saturated rings. The molecule has 4 N–H and O–H groups in total. The smallest absolute Gasteiger partial charge is 0.313 e. The second-order valence-electron chi connectivity index (χ2n) is 4.31. The van der Waals surface area contributed by atoms with Crippen LogP contribution in [0.15, 0.2) is 41.0 Å². The fourth-order valence-electron chi connectivity index (χ4n) is 1.62. The van der Waals surface area contributed by atoms with Crippen LogP contribution in [0, 0.1) is 6.92 Å². The number of carbonyl (C=O) groups is 2. The molecule has 0 saturated heterocycles. The average molecular weight is 273 g/mol. The average Bonchev–Trinajstić information content (AvgIpc) is 2.93. The highest BCUT2D eigenvalue weighted by Crippen LogP contribution is 2.19. The summed E-state index contributed by atoms with van der Waals surface area (Å²) >= 11 is 0. The molecule has 0 spiro atoms. The molecule has 1 aromatic heterocycles. The van der Waals surface area contributed by atoms with Crippen molar-refractivity contribution in [2.75, 3.05) is 11.1 Å². The van der Waals surface area contributed by atoms with Crippen molar-refractivity contribution in [1.82, 2.24) is 5.32 Å². The molecule has 2 amide bonds. The Hall–Kier alpha value is -2.76. The van der Waals surface area contributed by atoms with Gasteiger partial charge < -0.3 is 20.8 Å². The monoisotopic (exact) mass is 273 g/mol. The van der Waals surface area contributed by atoms with Crippen molar-refractivity contribution in [3.05, 3.63) is 47.9 Å². The van der Waals surface area contributed by atoms with Crippen LogP contribution in [0.3, 0.4) is 0 Å². The van der Waals surface area contributed by atoms with Crippen LogP contribution < -0.4 is 16.4 Å². The van der Waals surface area contributed by atoms with Crippen molar-refractivity contribution in [2.24, 2.45) is 0 Å². The number of nitrogen functional groups attached to an aromatic ring is 1. The molecule has 0 aliphatic carbocycles. The first-order valence-electron chi connectivity index (χ1n) is 6.04. The van der Waals surface area contributed by atoms with Gasteiger partial charge in [-0.2, -0.15) is 0 Å². The van der Waals surface area contributed by atoms with E-state index in [9.17, 15) is 9.59 Å². The predicted molar refractivity (Wildman–Crippen MR) is 74.8 cm³/mol. The molecule has 1 aromatic carbocycles. The molecule has 0 atom stereocenters. The summed E-state index contributed by atoms with van der Waals surface area (Å²) in [6, 6.07) is 8.60. The van der Waals surface area contributed by atoms with Crippen LogP contribution in [-0.2, 0) is 16.1 Å². The van der Waals surface area contributed by atoms with Crippen LogP contribution in [0.1, 0.15) is 11.3 Å². The molecule has 20 heavy (non-hydrogen) atoms. The van der Waals surface area contributed by atoms with Gasteiger partial charge in [-0.25, -0.2) is 0 Å². The van der Waals surface area contributed by atoms with Gasteiger partial charge in [-0.1, -0.05) is 6.07 Å². The number of benzene rings is 1. The highest BCUT2D eigenvalue weighted by Gasteiger charge is 2.15. The third-order valence-corrected chi connectivity index (χ3v) is 2.67. The van der Waals surface area contributed by atoms with Gasteiger partial charge in [0.25, 0.3) is 0 Å². The summed E-state index contributed by atoms with van der Waals surface area (Å²) in [7, 11) is 0. The van der Waals surface area contributed by atoms with E-state index in [1.54, 1.807) is 24.3 Å². The summed E-state index contributed by atoms with van der Waals surface area (Å²) < 4.78 is 5.05. The van der Waals surface area contributed by atoms with Gasteiger partial charge in [-0.05, 0) is 36.8 Å². The molecule has 2 aromatic rings. The Labute approximate surface area is 116 Å². The Kier molecular flexibility index (Phi) is 4.05. The molecule has 0 aliphatic rings. The molecule has 1 heterocycles. The third-order valence-electron chi connectivity index (χ3n) is 2.67. The number of rotatable bonds is 3. The lowest BCUT2D eigenvalue weighted by atomic mass is 10.2. The molecule has 0 saturated carbocycles. The maximum atomic E-state index is 11.7. The van der Waals surface area contributed by atoms with Crippen molar-refractivity contribution >= 4 is 23.2 Å². The minimum Gasteiger partial charge on any atom is -0.467 e. The van der Waals surface area contributed by atoms with E-state index < -0.39 is 11.8 Å². The number of carbonyl (C=O) groups excluding carboxylic acids is 2. The zero-order chi connectivity index (χ0) is 14.5. The first-order chi connectivity index (χ1) is 9.56. The molecule has 0 aliphatic heterocycles. The number of hydrogen-bond acceptors (Lipinski definition) is 4. The number of aryl methyl sites for hydroxylation is 1. The fourth-order valence-corrected chi connectivity index (χ4v) is 1.62. The number of hydrogen-bond donors (Lipinski definition) is 3. The van der Waals surface area contributed by atoms with E-state index in [0.29, 0.717) is 17.1 Å². The molecular weight excluding hydrogens is 258 g/mol. The van der Waals surface area contributed by atoms with Gasteiger partial charge in [-0.3, -0.25) is 9.59 Å². The first kappa shape index (κ1) is 13.7. The van der Waals surface area contributed by atoms with Gasteiger partial charge in [0, 0.05) is 0 Å². The maximum absolute atomic E-state index is 11.7. The topological polar surface area (TPSA) is 97.4 Å². The normalized spacial score (nSPS) is 10.1. The van der Waals surface area contributed by atoms with Gasteiger partial charge in [0.1, 0.15) is 5.76 Å². The first-order valence-corrected chi connectivity index (χ1v) is 6.04. The standard InChI is InChI=1S/C14H15N3O3/c1-9-4-5-11(15)12(7-9)17-14(19)13(18)16-8-10-3-2-6-20-10/h2-7H,8,15H2,1H3,(H,16,18)(H,17,19). The second-order valence-corrected chi connectivity index (χ2v) is 4.31. The molecule has 2 rings (SSSR count). The molecule has 104 valence electrons. The predicted octanol–water partition coefficient (Wildman–Crippen LogP) is 1.43. The van der Waals surface area contributed by atoms with E-state index in [0.717, 1.165) is 5.56 Å². The lowest BCUT2D eigenvalue weighted by Crippen LogP contribution is -2.35. The molecule has 0 radical (unpaired) electrons. The van der Waals surface area contributed by atoms with Gasteiger partial charge in [0.15, 0.2) is 0 Å². The zero-order valence-electron chi connectivity index (χ0n) is 11.0. The summed E-state index contributed by atoms with van der Waals surface area (Å²) in [5.74, 6) is -0.947. The van der Waals surface area contributed by atoms with E-state index in [-0.39, 0.29) is 6.54 Å². The highest BCUT2D eigenvalue weighted by molar-refractivity contribution is 6.39. The number of nitrogens with two attached hydrogens (primary N) is 1. The number of furan rings is 1. The second kappa shape index (κ2) is 5.92. The van der Waals surface area contributed by atoms with E-state index >= 15 is 0 Å². The van der Waals surface area contributed by atoms with E-state index in [2.05, 4.69) is 10.6 Å². The van der Waals surface area contributed by atoms with E-state index in [4.69, 9.17) is 10.2 Å². The Morgan fingerprint density at radius 2 is 2.05 bits per heavy atom. The van der Waals surface area contributed by atoms with Gasteiger partial charge in [-0.15, -0.1) is 0 Å². The van der Waals surface area contributed by atoms with Crippen LogP contribution in [-0.4, -0.2) is 11.8 Å². The fraction of sp³-hybridized carbons (Fsp3) is 0.143. The van der Waals surface area contributed by atoms with Crippen molar-refractivity contribution in [2.45, 2.75) is 13.5 Å². The summed E-state index contributed by atoms with van der Waals surface area (Å²) in [5.41, 5.74) is 7.49. The molecule has 6 heteroatoms. The van der Waals surface area contributed by atoms with Crippen molar-refractivity contribution in [3.8, 4) is 0 Å². The number of anilines is 2. The van der Waals surface area contributed by atoms with Crippen LogP contribution in [0.4, 0.5) is 11.4 Å². The highest BCUT2D eigenvalue weighted by atomic mass is 16.3. The largest absolute Gasteiger partial charge is 0.467 e. The quantitative estimate of drug-likeness (QED) is 0.582. The summed E-state index contributed by atoms with van der Waals surface area (Å²) in [6.45, 7) is 2.02. The van der Waals surface area contributed by atoms with Crippen LogP contribution >= 0.6 is 0 Å². The van der Waals surface area contributed by atoms with Gasteiger partial charge in [0.05, 0.1) is 24.2 Å². The van der Waals surface area contributed by atoms with Crippen LogP contribution in [0.25, 0.3) is 0 Å². The summed E-state index contributed by atoms with van der Waals surface area (Å²) in [5, 5.41) is 4.93. The molecular formula is C14H15N3O3. The van der Waals surface area contributed by atoms with E-state index in [1.165, 1.54) is 6.26 Å². The lowest BCUT2D eigenvalue weighted by molar-refractivity contribution is -0.136. The number of nitrogens with one attached hydrogen (secondary N) is 2. The van der Waals surface area contributed by atoms with Crippen molar-refractivity contribution in [3.63, 3.8) is 0 Å². The minimum atomic E-state index is -0.770. The van der Waals surface area contributed by atoms with Crippen LogP contribution in [0.2, 0.25) is 0 Å². The Balaban J connectivity index is 1.93. The van der Waals surface area contributed by atoms with Crippen LogP contribution in [0.5, 0.6) is 0 Å². The van der Waals surface area contributed by atoms with Crippen molar-refractivity contribution < 1.29 is 14.0 Å². The number of amides is 2. The van der Waals surface area contributed by atoms with Gasteiger partial charge in [0.2, 0.25) is 0 Å². The van der Waals surface area contributed by atoms with E-state index in [1.807, 2.05) is 13.0 Å². The minimum absolute atomic E-state index is 0.155. The molecule has 6 nitrogen and oxygen atoms in total. The van der Waals surface area contributed by atoms with Crippen molar-refractivity contribution in [1.29, 1.82) is 0 Å².